The van der Waals surface area contributed by atoms with E-state index in [1.807, 2.05) is 6.20 Å². The highest BCUT2D eigenvalue weighted by Gasteiger charge is 2.31. The molecule has 4 heteroatoms. The van der Waals surface area contributed by atoms with E-state index >= 15 is 0 Å². The van der Waals surface area contributed by atoms with Crippen LogP contribution in [0.25, 0.3) is 0 Å². The van der Waals surface area contributed by atoms with E-state index < -0.39 is 0 Å². The Labute approximate surface area is 121 Å². The van der Waals surface area contributed by atoms with Gasteiger partial charge >= 0.3 is 0 Å². The number of hydrogen-bond donors (Lipinski definition) is 2. The average Bonchev–Trinajstić information content (AvgIpc) is 2.94. The zero-order valence-corrected chi connectivity index (χ0v) is 13.2. The molecular formula is C15H27N3S. The van der Waals surface area contributed by atoms with Gasteiger partial charge in [0.2, 0.25) is 0 Å². The first-order valence-electron chi connectivity index (χ1n) is 7.47. The van der Waals surface area contributed by atoms with Gasteiger partial charge in [-0.15, -0.1) is 11.3 Å². The third-order valence-corrected chi connectivity index (χ3v) is 5.25. The Kier molecular flexibility index (Phi) is 5.37. The van der Waals surface area contributed by atoms with Crippen LogP contribution in [0, 0.1) is 11.3 Å². The monoisotopic (exact) mass is 281 g/mol. The van der Waals surface area contributed by atoms with Crippen LogP contribution in [-0.4, -0.2) is 24.6 Å². The van der Waals surface area contributed by atoms with Crippen LogP contribution in [0.5, 0.6) is 0 Å². The summed E-state index contributed by atoms with van der Waals surface area (Å²) in [6.07, 6.45) is 5.68. The van der Waals surface area contributed by atoms with Crippen molar-refractivity contribution in [2.24, 2.45) is 11.3 Å². The third kappa shape index (κ3) is 4.01. The third-order valence-electron chi connectivity index (χ3n) is 4.36. The summed E-state index contributed by atoms with van der Waals surface area (Å²) in [6, 6.07) is 0.413. The Morgan fingerprint density at radius 2 is 2.42 bits per heavy atom. The number of aromatic nitrogens is 1. The number of thiazole rings is 1. The second-order valence-electron chi connectivity index (χ2n) is 6.24. The van der Waals surface area contributed by atoms with Gasteiger partial charge in [-0.25, -0.2) is 4.98 Å². The van der Waals surface area contributed by atoms with E-state index in [0.717, 1.165) is 18.9 Å². The molecular weight excluding hydrogens is 254 g/mol. The highest BCUT2D eigenvalue weighted by Crippen LogP contribution is 2.32. The molecule has 3 nitrogen and oxygen atoms in total. The molecule has 2 N–H and O–H groups in total. The molecule has 0 bridgehead atoms. The first-order valence-corrected chi connectivity index (χ1v) is 8.35. The van der Waals surface area contributed by atoms with Gasteiger partial charge in [0.15, 0.2) is 0 Å². The molecule has 2 unspecified atom stereocenters. The summed E-state index contributed by atoms with van der Waals surface area (Å²) in [5, 5.41) is 10.5. The quantitative estimate of drug-likeness (QED) is 0.841. The highest BCUT2D eigenvalue weighted by molar-refractivity contribution is 7.09. The summed E-state index contributed by atoms with van der Waals surface area (Å²) in [5.74, 6) is 0.780. The van der Waals surface area contributed by atoms with Gasteiger partial charge in [-0.2, -0.15) is 0 Å². The van der Waals surface area contributed by atoms with Crippen molar-refractivity contribution in [3.8, 4) is 0 Å². The Hall–Kier alpha value is -0.450. The van der Waals surface area contributed by atoms with E-state index in [9.17, 15) is 0 Å². The first kappa shape index (κ1) is 14.9. The number of piperidine rings is 1. The van der Waals surface area contributed by atoms with Crippen molar-refractivity contribution >= 4 is 11.3 Å². The van der Waals surface area contributed by atoms with Gasteiger partial charge < -0.3 is 10.6 Å². The Morgan fingerprint density at radius 3 is 3.00 bits per heavy atom. The number of rotatable bonds is 6. The van der Waals surface area contributed by atoms with Crippen LogP contribution < -0.4 is 10.6 Å². The lowest BCUT2D eigenvalue weighted by Crippen LogP contribution is -2.44. The fourth-order valence-electron chi connectivity index (χ4n) is 2.86. The standard InChI is InChI=1S/C15H27N3S/c1-4-13(14-17-8-9-19-14)18-11-15(2,3)12-6-5-7-16-10-12/h8-9,12-13,16,18H,4-7,10-11H2,1-3H3. The normalized spacial score (nSPS) is 22.4. The molecule has 1 aromatic rings. The van der Waals surface area contributed by atoms with Gasteiger partial charge in [0.25, 0.3) is 0 Å². The highest BCUT2D eigenvalue weighted by atomic mass is 32.1. The molecule has 0 saturated carbocycles. The maximum atomic E-state index is 4.44. The molecule has 2 heterocycles. The Bertz CT molecular complexity index is 355. The lowest BCUT2D eigenvalue weighted by Gasteiger charge is -2.38. The maximum absolute atomic E-state index is 4.44. The maximum Gasteiger partial charge on any atom is 0.109 e. The molecule has 2 rings (SSSR count). The summed E-state index contributed by atoms with van der Waals surface area (Å²) in [4.78, 5) is 4.44. The average molecular weight is 281 g/mol. The molecule has 108 valence electrons. The lowest BCUT2D eigenvalue weighted by atomic mass is 9.75. The molecule has 1 aliphatic heterocycles. The molecule has 1 aromatic heterocycles. The van der Waals surface area contributed by atoms with E-state index in [1.165, 1.54) is 30.9 Å². The van der Waals surface area contributed by atoms with E-state index in [2.05, 4.69) is 41.8 Å². The van der Waals surface area contributed by atoms with E-state index in [0.29, 0.717) is 11.5 Å². The second kappa shape index (κ2) is 6.82. The zero-order valence-electron chi connectivity index (χ0n) is 12.4. The molecule has 1 aliphatic rings. The van der Waals surface area contributed by atoms with Crippen molar-refractivity contribution in [3.05, 3.63) is 16.6 Å². The number of nitrogens with zero attached hydrogens (tertiary/aromatic N) is 1. The summed E-state index contributed by atoms with van der Waals surface area (Å²) in [6.45, 7) is 10.4. The first-order chi connectivity index (χ1) is 9.13. The molecule has 1 saturated heterocycles. The fourth-order valence-corrected chi connectivity index (χ4v) is 3.66. The minimum atomic E-state index is 0.345. The Balaban J connectivity index is 1.88. The summed E-state index contributed by atoms with van der Waals surface area (Å²) in [5.41, 5.74) is 0.345. The van der Waals surface area contributed by atoms with Gasteiger partial charge in [0, 0.05) is 18.1 Å². The molecule has 0 amide bonds. The van der Waals surface area contributed by atoms with E-state index in [1.54, 1.807) is 11.3 Å². The largest absolute Gasteiger partial charge is 0.316 e. The SMILES string of the molecule is CCC(NCC(C)(C)C1CCCNC1)c1nccs1. The van der Waals surface area contributed by atoms with E-state index in [-0.39, 0.29) is 0 Å². The minimum absolute atomic E-state index is 0.345. The smallest absolute Gasteiger partial charge is 0.109 e. The molecule has 0 aliphatic carbocycles. The van der Waals surface area contributed by atoms with Crippen LogP contribution in [-0.2, 0) is 0 Å². The van der Waals surface area contributed by atoms with Crippen molar-refractivity contribution in [2.75, 3.05) is 19.6 Å². The van der Waals surface area contributed by atoms with Gasteiger partial charge in [-0.3, -0.25) is 0 Å². The molecule has 19 heavy (non-hydrogen) atoms. The summed E-state index contributed by atoms with van der Waals surface area (Å²) < 4.78 is 0. The van der Waals surface area contributed by atoms with Crippen LogP contribution in [0.3, 0.4) is 0 Å². The molecule has 0 radical (unpaired) electrons. The van der Waals surface area contributed by atoms with Crippen LogP contribution >= 0.6 is 11.3 Å². The molecule has 1 fully saturated rings. The number of nitrogens with one attached hydrogen (secondary N) is 2. The topological polar surface area (TPSA) is 37.0 Å². The Morgan fingerprint density at radius 1 is 1.58 bits per heavy atom. The van der Waals surface area contributed by atoms with Gasteiger partial charge in [-0.05, 0) is 43.7 Å². The van der Waals surface area contributed by atoms with Crippen LogP contribution in [0.1, 0.15) is 51.1 Å². The van der Waals surface area contributed by atoms with Gasteiger partial charge in [0.05, 0.1) is 6.04 Å². The summed E-state index contributed by atoms with van der Waals surface area (Å²) in [7, 11) is 0. The fraction of sp³-hybridized carbons (Fsp3) is 0.800. The predicted molar refractivity (Wildman–Crippen MR) is 82.5 cm³/mol. The minimum Gasteiger partial charge on any atom is -0.316 e. The van der Waals surface area contributed by atoms with Crippen LogP contribution in [0.15, 0.2) is 11.6 Å². The van der Waals surface area contributed by atoms with Crippen molar-refractivity contribution in [2.45, 2.75) is 46.1 Å². The number of hydrogen-bond acceptors (Lipinski definition) is 4. The van der Waals surface area contributed by atoms with Crippen molar-refractivity contribution < 1.29 is 0 Å². The van der Waals surface area contributed by atoms with Crippen LogP contribution in [0.2, 0.25) is 0 Å². The predicted octanol–water partition coefficient (Wildman–Crippen LogP) is 3.21. The van der Waals surface area contributed by atoms with Gasteiger partial charge in [-0.1, -0.05) is 20.8 Å². The molecule has 0 aromatic carbocycles. The van der Waals surface area contributed by atoms with Crippen molar-refractivity contribution in [3.63, 3.8) is 0 Å². The molecule has 0 spiro atoms. The van der Waals surface area contributed by atoms with Crippen molar-refractivity contribution in [1.29, 1.82) is 0 Å². The zero-order chi connectivity index (χ0) is 13.7. The molecule has 2 atom stereocenters. The summed E-state index contributed by atoms with van der Waals surface area (Å²) >= 11 is 1.76. The van der Waals surface area contributed by atoms with Gasteiger partial charge in [0.1, 0.15) is 5.01 Å². The second-order valence-corrected chi connectivity index (χ2v) is 7.17. The van der Waals surface area contributed by atoms with Crippen LogP contribution in [0.4, 0.5) is 0 Å². The van der Waals surface area contributed by atoms with Crippen molar-refractivity contribution in [1.82, 2.24) is 15.6 Å². The van der Waals surface area contributed by atoms with E-state index in [4.69, 9.17) is 0 Å². The lowest BCUT2D eigenvalue weighted by molar-refractivity contribution is 0.160.